The molecule has 0 aromatic carbocycles. The van der Waals surface area contributed by atoms with Crippen LogP contribution in [0.1, 0.15) is 32.1 Å². The lowest BCUT2D eigenvalue weighted by molar-refractivity contribution is -0.148. The van der Waals surface area contributed by atoms with Crippen LogP contribution in [0.5, 0.6) is 0 Å². The average molecular weight is 414 g/mol. The predicted molar refractivity (Wildman–Crippen MR) is 101 cm³/mol. The van der Waals surface area contributed by atoms with Crippen LogP contribution in [0.2, 0.25) is 0 Å². The number of fused-ring (bicyclic) bond motifs is 1. The lowest BCUT2D eigenvalue weighted by atomic mass is 9.86. The van der Waals surface area contributed by atoms with E-state index in [1.807, 2.05) is 6.08 Å². The smallest absolute Gasteiger partial charge is 0.417 e. The first-order valence-electron chi connectivity index (χ1n) is 9.45. The second-order valence-electron chi connectivity index (χ2n) is 6.87. The molecule has 160 valence electrons. The van der Waals surface area contributed by atoms with Gasteiger partial charge in [-0.3, -0.25) is 14.6 Å². The molecule has 2 rings (SSSR count). The summed E-state index contributed by atoms with van der Waals surface area (Å²) in [7, 11) is 1.25. The number of ether oxygens (including phenoxy) is 1. The zero-order chi connectivity index (χ0) is 21.6. The fourth-order valence-corrected chi connectivity index (χ4v) is 3.69. The molecule has 1 amide bonds. The highest BCUT2D eigenvalue weighted by Crippen LogP contribution is 2.34. The van der Waals surface area contributed by atoms with E-state index in [9.17, 15) is 27.9 Å². The number of alkyl halides is 3. The van der Waals surface area contributed by atoms with Crippen LogP contribution in [0.4, 0.5) is 13.2 Å². The van der Waals surface area contributed by atoms with Crippen molar-refractivity contribution in [2.45, 2.75) is 44.3 Å². The van der Waals surface area contributed by atoms with Crippen molar-refractivity contribution in [3.63, 3.8) is 0 Å². The molecule has 0 radical (unpaired) electrons. The van der Waals surface area contributed by atoms with Gasteiger partial charge in [0.05, 0.1) is 18.1 Å². The minimum atomic E-state index is -4.85. The molecule has 2 atom stereocenters. The van der Waals surface area contributed by atoms with Gasteiger partial charge in [-0.2, -0.15) is 13.2 Å². The molecule has 0 spiro atoms. The van der Waals surface area contributed by atoms with Gasteiger partial charge in [-0.25, -0.2) is 0 Å². The van der Waals surface area contributed by atoms with E-state index in [2.05, 4.69) is 11.6 Å². The molecule has 2 aliphatic rings. The maximum absolute atomic E-state index is 13.7. The number of hydrogen-bond donors (Lipinski definition) is 1. The molecule has 2 aliphatic heterocycles. The van der Waals surface area contributed by atoms with E-state index in [0.29, 0.717) is 31.8 Å². The van der Waals surface area contributed by atoms with E-state index in [4.69, 9.17) is 4.74 Å². The molecule has 6 nitrogen and oxygen atoms in total. The highest BCUT2D eigenvalue weighted by atomic mass is 19.4. The zero-order valence-electron chi connectivity index (χ0n) is 16.2. The normalized spacial score (nSPS) is 28.5. The number of carboxylic acids is 1. The molecule has 0 saturated carbocycles. The third kappa shape index (κ3) is 5.27. The van der Waals surface area contributed by atoms with Crippen LogP contribution in [-0.2, 0) is 14.3 Å². The SMILES string of the molecule is C=C/C(=C1/C(=O)N2CCCC(C(=O)O)C2C/C=C\CCCOC1=NC)C(F)(F)F. The van der Waals surface area contributed by atoms with Gasteiger partial charge in [0.25, 0.3) is 5.91 Å². The quantitative estimate of drug-likeness (QED) is 0.554. The summed E-state index contributed by atoms with van der Waals surface area (Å²) in [5, 5.41) is 9.58. The van der Waals surface area contributed by atoms with E-state index < -0.39 is 47.1 Å². The van der Waals surface area contributed by atoms with E-state index >= 15 is 0 Å². The van der Waals surface area contributed by atoms with Crippen LogP contribution in [0.25, 0.3) is 0 Å². The second kappa shape index (κ2) is 9.76. The number of nitrogens with zero attached hydrogens (tertiary/aromatic N) is 2. The maximum Gasteiger partial charge on any atom is 0.417 e. The number of piperidine rings is 1. The van der Waals surface area contributed by atoms with Crippen LogP contribution < -0.4 is 0 Å². The fraction of sp³-hybridized carbons (Fsp3) is 0.550. The minimum Gasteiger partial charge on any atom is -0.481 e. The lowest BCUT2D eigenvalue weighted by Gasteiger charge is -2.40. The monoisotopic (exact) mass is 414 g/mol. The molecule has 1 N–H and O–H groups in total. The zero-order valence-corrected chi connectivity index (χ0v) is 16.2. The maximum atomic E-state index is 13.7. The van der Waals surface area contributed by atoms with Gasteiger partial charge in [-0.05, 0) is 32.1 Å². The summed E-state index contributed by atoms with van der Waals surface area (Å²) in [5.74, 6) is -3.29. The summed E-state index contributed by atoms with van der Waals surface area (Å²) >= 11 is 0. The van der Waals surface area contributed by atoms with Crippen molar-refractivity contribution in [3.8, 4) is 0 Å². The Morgan fingerprint density at radius 2 is 2.10 bits per heavy atom. The number of carboxylic acid groups (broad SMARTS) is 1. The van der Waals surface area contributed by atoms with Crippen LogP contribution in [-0.4, -0.2) is 60.2 Å². The molecule has 0 aromatic rings. The first-order valence-corrected chi connectivity index (χ1v) is 9.45. The highest BCUT2D eigenvalue weighted by Gasteiger charge is 2.44. The molecular weight excluding hydrogens is 389 g/mol. The lowest BCUT2D eigenvalue weighted by Crippen LogP contribution is -2.52. The number of rotatable bonds is 2. The van der Waals surface area contributed by atoms with Crippen molar-refractivity contribution in [1.82, 2.24) is 4.90 Å². The topological polar surface area (TPSA) is 79.2 Å². The highest BCUT2D eigenvalue weighted by molar-refractivity contribution is 6.19. The first kappa shape index (κ1) is 22.7. The summed E-state index contributed by atoms with van der Waals surface area (Å²) in [6.07, 6.45) is 1.49. The van der Waals surface area contributed by atoms with Crippen molar-refractivity contribution in [1.29, 1.82) is 0 Å². The van der Waals surface area contributed by atoms with E-state index in [-0.39, 0.29) is 19.6 Å². The van der Waals surface area contributed by atoms with Gasteiger partial charge in [0.2, 0.25) is 5.90 Å². The molecule has 2 unspecified atom stereocenters. The Labute approximate surface area is 167 Å². The van der Waals surface area contributed by atoms with Gasteiger partial charge in [0.15, 0.2) is 0 Å². The molecule has 0 bridgehead atoms. The van der Waals surface area contributed by atoms with Gasteiger partial charge in [0, 0.05) is 19.6 Å². The molecule has 1 fully saturated rings. The van der Waals surface area contributed by atoms with Gasteiger partial charge in [0.1, 0.15) is 5.57 Å². The average Bonchev–Trinajstić information content (AvgIpc) is 2.66. The van der Waals surface area contributed by atoms with E-state index in [0.717, 1.165) is 0 Å². The van der Waals surface area contributed by atoms with Crippen LogP contribution in [0.3, 0.4) is 0 Å². The van der Waals surface area contributed by atoms with Gasteiger partial charge < -0.3 is 14.7 Å². The summed E-state index contributed by atoms with van der Waals surface area (Å²) in [6, 6.07) is -0.753. The number of hydrogen-bond acceptors (Lipinski definition) is 4. The molecule has 2 heterocycles. The van der Waals surface area contributed by atoms with E-state index in [1.54, 1.807) is 6.08 Å². The second-order valence-corrected chi connectivity index (χ2v) is 6.87. The fourth-order valence-electron chi connectivity index (χ4n) is 3.69. The number of aliphatic carboxylic acids is 1. The Kier molecular flexibility index (Phi) is 7.64. The Morgan fingerprint density at radius 1 is 1.38 bits per heavy atom. The third-order valence-corrected chi connectivity index (χ3v) is 5.06. The Morgan fingerprint density at radius 3 is 2.69 bits per heavy atom. The summed E-state index contributed by atoms with van der Waals surface area (Å²) in [5.41, 5.74) is -1.97. The first-order chi connectivity index (χ1) is 13.7. The molecule has 9 heteroatoms. The number of halogens is 3. The summed E-state index contributed by atoms with van der Waals surface area (Å²) in [4.78, 5) is 30.1. The minimum absolute atomic E-state index is 0.0945. The van der Waals surface area contributed by atoms with Crippen LogP contribution in [0, 0.1) is 5.92 Å². The molecule has 0 aromatic heterocycles. The molecule has 0 aliphatic carbocycles. The number of aliphatic imine (C=N–C) groups is 1. The number of carbonyl (C=O) groups excluding carboxylic acids is 1. The Hall–Kier alpha value is -2.58. The molecular formula is C20H25F3N2O4. The molecule has 1 saturated heterocycles. The number of carbonyl (C=O) groups is 2. The Bertz CT molecular complexity index is 740. The van der Waals surface area contributed by atoms with Crippen LogP contribution in [0.15, 0.2) is 40.9 Å². The predicted octanol–water partition coefficient (Wildman–Crippen LogP) is 3.51. The van der Waals surface area contributed by atoms with Crippen molar-refractivity contribution in [2.75, 3.05) is 20.2 Å². The largest absolute Gasteiger partial charge is 0.481 e. The van der Waals surface area contributed by atoms with Gasteiger partial charge >= 0.3 is 12.1 Å². The van der Waals surface area contributed by atoms with Crippen molar-refractivity contribution in [3.05, 3.63) is 36.0 Å². The Balaban J connectivity index is 2.65. The van der Waals surface area contributed by atoms with E-state index in [1.165, 1.54) is 11.9 Å². The van der Waals surface area contributed by atoms with Gasteiger partial charge in [-0.15, -0.1) is 0 Å². The number of allylic oxidation sites excluding steroid dienone is 3. The van der Waals surface area contributed by atoms with Crippen molar-refractivity contribution >= 4 is 17.8 Å². The molecule has 29 heavy (non-hydrogen) atoms. The number of amides is 1. The summed E-state index contributed by atoms with van der Waals surface area (Å²) < 4.78 is 46.4. The van der Waals surface area contributed by atoms with Crippen molar-refractivity contribution < 1.29 is 32.6 Å². The summed E-state index contributed by atoms with van der Waals surface area (Å²) in [6.45, 7) is 3.47. The van der Waals surface area contributed by atoms with Crippen LogP contribution >= 0.6 is 0 Å². The third-order valence-electron chi connectivity index (χ3n) is 5.06. The van der Waals surface area contributed by atoms with Crippen molar-refractivity contribution in [2.24, 2.45) is 10.9 Å². The van der Waals surface area contributed by atoms with Gasteiger partial charge in [-0.1, -0.05) is 24.8 Å². The standard InChI is InChI=1S/C20H25F3N2O4/c1-3-14(20(21,22)23)16-17(24-2)29-12-7-5-4-6-10-15-13(19(27)28)9-8-11-25(15)18(16)26/h3-4,6,13,15H,1,5,7-12H2,2H3,(H,27,28)/b6-4-,16-14-,24-17?.